The number of halogens is 1. The molecule has 1 aromatic heterocycles. The summed E-state index contributed by atoms with van der Waals surface area (Å²) in [6.07, 6.45) is 1.72. The van der Waals surface area contributed by atoms with Gasteiger partial charge in [-0.2, -0.15) is 4.31 Å². The Labute approximate surface area is 185 Å². The number of nitrogens with zero attached hydrogens (tertiary/aromatic N) is 2. The minimum Gasteiger partial charge on any atom is -0.452 e. The predicted molar refractivity (Wildman–Crippen MR) is 115 cm³/mol. The Balaban J connectivity index is 1.70. The van der Waals surface area contributed by atoms with Crippen LogP contribution in [0.4, 0.5) is 4.39 Å². The van der Waals surface area contributed by atoms with Gasteiger partial charge >= 0.3 is 5.97 Å². The Kier molecular flexibility index (Phi) is 7.45. The number of carbonyl (C=O) groups is 2. The number of sulfonamides is 1. The van der Waals surface area contributed by atoms with Gasteiger partial charge in [-0.1, -0.05) is 19.9 Å². The minimum atomic E-state index is -4.09. The first-order chi connectivity index (χ1) is 14.8. The van der Waals surface area contributed by atoms with Crippen molar-refractivity contribution in [3.8, 4) is 0 Å². The van der Waals surface area contributed by atoms with Crippen molar-refractivity contribution in [3.05, 3.63) is 52.0 Å². The van der Waals surface area contributed by atoms with Crippen LogP contribution in [0.15, 0.2) is 40.6 Å². The number of carbonyl (C=O) groups excluding carboxylic acids is 2. The van der Waals surface area contributed by atoms with Gasteiger partial charge in [0, 0.05) is 24.5 Å². The molecule has 0 spiro atoms. The zero-order valence-electron chi connectivity index (χ0n) is 17.4. The van der Waals surface area contributed by atoms with E-state index in [9.17, 15) is 22.4 Å². The van der Waals surface area contributed by atoms with E-state index in [1.165, 1.54) is 0 Å². The van der Waals surface area contributed by atoms with E-state index in [2.05, 4.69) is 0 Å². The van der Waals surface area contributed by atoms with Crippen molar-refractivity contribution < 1.29 is 27.1 Å². The van der Waals surface area contributed by atoms with E-state index in [0.29, 0.717) is 6.54 Å². The van der Waals surface area contributed by atoms with E-state index in [1.807, 2.05) is 17.5 Å². The molecule has 0 N–H and O–H groups in total. The molecule has 2 aromatic rings. The molecule has 31 heavy (non-hydrogen) atoms. The normalized spacial score (nSPS) is 16.6. The zero-order valence-corrected chi connectivity index (χ0v) is 19.0. The second kappa shape index (κ2) is 9.88. The highest BCUT2D eigenvalue weighted by molar-refractivity contribution is 7.89. The molecule has 1 fully saturated rings. The molecule has 1 aliphatic heterocycles. The van der Waals surface area contributed by atoms with Crippen LogP contribution in [-0.2, 0) is 19.6 Å². The fraction of sp³-hybridized carbons (Fsp3) is 0.429. The molecule has 1 unspecified atom stereocenters. The monoisotopic (exact) mass is 468 g/mol. The van der Waals surface area contributed by atoms with Crippen LogP contribution in [0.1, 0.15) is 48.0 Å². The van der Waals surface area contributed by atoms with E-state index < -0.39 is 33.3 Å². The number of hydrogen-bond acceptors (Lipinski definition) is 6. The number of ether oxygens (including phenoxy) is 1. The zero-order chi connectivity index (χ0) is 22.6. The quantitative estimate of drug-likeness (QED) is 0.554. The average Bonchev–Trinajstić information content (AvgIpc) is 3.44. The molecule has 1 aliphatic rings. The molecule has 1 atom stereocenters. The first kappa shape index (κ1) is 23.4. The maximum atomic E-state index is 14.2. The third-order valence-electron chi connectivity index (χ3n) is 5.26. The van der Waals surface area contributed by atoms with Crippen molar-refractivity contribution in [3.63, 3.8) is 0 Å². The fourth-order valence-electron chi connectivity index (χ4n) is 3.67. The van der Waals surface area contributed by atoms with E-state index >= 15 is 0 Å². The Hall–Kier alpha value is -2.30. The van der Waals surface area contributed by atoms with Gasteiger partial charge in [-0.3, -0.25) is 4.79 Å². The molecule has 1 saturated heterocycles. The summed E-state index contributed by atoms with van der Waals surface area (Å²) in [6.45, 7) is 3.75. The predicted octanol–water partition coefficient (Wildman–Crippen LogP) is 3.44. The van der Waals surface area contributed by atoms with Crippen LogP contribution in [0.2, 0.25) is 0 Å². The molecule has 168 valence electrons. The first-order valence-electron chi connectivity index (χ1n) is 10.1. The lowest BCUT2D eigenvalue weighted by Crippen LogP contribution is -2.34. The Morgan fingerprint density at radius 1 is 1.26 bits per heavy atom. The lowest BCUT2D eigenvalue weighted by Gasteiger charge is -2.23. The fourth-order valence-corrected chi connectivity index (χ4v) is 6.09. The molecule has 3 rings (SSSR count). The van der Waals surface area contributed by atoms with Crippen LogP contribution in [0.5, 0.6) is 0 Å². The number of esters is 1. The third-order valence-corrected chi connectivity index (χ3v) is 8.30. The molecule has 2 heterocycles. The summed E-state index contributed by atoms with van der Waals surface area (Å²) in [6, 6.07) is 6.90. The summed E-state index contributed by atoms with van der Waals surface area (Å²) in [5.74, 6) is -2.14. The highest BCUT2D eigenvalue weighted by atomic mass is 32.2. The van der Waals surface area contributed by atoms with E-state index in [1.54, 1.807) is 30.1 Å². The summed E-state index contributed by atoms with van der Waals surface area (Å²) >= 11 is 1.58. The largest absolute Gasteiger partial charge is 0.452 e. The molecule has 0 saturated carbocycles. The maximum Gasteiger partial charge on any atom is 0.338 e. The van der Waals surface area contributed by atoms with Gasteiger partial charge in [0.25, 0.3) is 5.91 Å². The number of hydrogen-bond donors (Lipinski definition) is 0. The Morgan fingerprint density at radius 2 is 2.00 bits per heavy atom. The van der Waals surface area contributed by atoms with Crippen molar-refractivity contribution in [2.45, 2.75) is 37.6 Å². The van der Waals surface area contributed by atoms with Crippen molar-refractivity contribution in [2.75, 3.05) is 26.2 Å². The minimum absolute atomic E-state index is 0.0251. The van der Waals surface area contributed by atoms with Crippen LogP contribution < -0.4 is 0 Å². The first-order valence-corrected chi connectivity index (χ1v) is 12.4. The summed E-state index contributed by atoms with van der Waals surface area (Å²) < 4.78 is 45.8. The van der Waals surface area contributed by atoms with Crippen LogP contribution >= 0.6 is 11.3 Å². The van der Waals surface area contributed by atoms with Gasteiger partial charge in [0.1, 0.15) is 10.7 Å². The van der Waals surface area contributed by atoms with E-state index in [-0.39, 0.29) is 30.6 Å². The molecule has 10 heteroatoms. The van der Waals surface area contributed by atoms with Crippen LogP contribution in [0.25, 0.3) is 0 Å². The van der Waals surface area contributed by atoms with E-state index in [4.69, 9.17) is 4.74 Å². The molecule has 0 bridgehead atoms. The lowest BCUT2D eigenvalue weighted by molar-refractivity contribution is -0.135. The highest BCUT2D eigenvalue weighted by Gasteiger charge is 2.31. The van der Waals surface area contributed by atoms with Crippen LogP contribution in [0.3, 0.4) is 0 Å². The number of rotatable bonds is 8. The smallest absolute Gasteiger partial charge is 0.338 e. The maximum absolute atomic E-state index is 14.2. The van der Waals surface area contributed by atoms with Crippen molar-refractivity contribution in [1.82, 2.24) is 9.21 Å². The molecule has 0 aliphatic carbocycles. The lowest BCUT2D eigenvalue weighted by atomic mass is 10.2. The second-order valence-corrected chi connectivity index (χ2v) is 9.96. The third kappa shape index (κ3) is 4.97. The Bertz CT molecular complexity index is 1040. The van der Waals surface area contributed by atoms with Crippen LogP contribution in [-0.4, -0.2) is 55.7 Å². The van der Waals surface area contributed by atoms with Gasteiger partial charge in [0.05, 0.1) is 11.6 Å². The second-order valence-electron chi connectivity index (χ2n) is 7.07. The van der Waals surface area contributed by atoms with Gasteiger partial charge in [-0.05, 0) is 42.5 Å². The van der Waals surface area contributed by atoms with Gasteiger partial charge in [-0.15, -0.1) is 11.3 Å². The standard InChI is InChI=1S/C21H25FN2O5S2/c1-3-23(4-2)31(27,28)19-13-15(9-10-16(19)22)21(26)29-14-20(25)24-11-5-7-17(24)18-8-6-12-30-18/h6,8-10,12-13,17H,3-5,7,11,14H2,1-2H3. The van der Waals surface area contributed by atoms with Gasteiger partial charge in [-0.25, -0.2) is 17.6 Å². The molecule has 1 aromatic carbocycles. The molecular weight excluding hydrogens is 443 g/mol. The number of thiophene rings is 1. The molecule has 7 nitrogen and oxygen atoms in total. The number of amides is 1. The Morgan fingerprint density at radius 3 is 2.65 bits per heavy atom. The summed E-state index contributed by atoms with van der Waals surface area (Å²) in [5.41, 5.74) is -0.129. The topological polar surface area (TPSA) is 84.0 Å². The van der Waals surface area contributed by atoms with Crippen molar-refractivity contribution >= 4 is 33.2 Å². The summed E-state index contributed by atoms with van der Waals surface area (Å²) in [4.78, 5) is 27.3. The SMILES string of the molecule is CCN(CC)S(=O)(=O)c1cc(C(=O)OCC(=O)N2CCCC2c2cccs2)ccc1F. The van der Waals surface area contributed by atoms with Gasteiger partial charge in [0.15, 0.2) is 6.61 Å². The molecular formula is C21H25FN2O5S2. The van der Waals surface area contributed by atoms with Crippen LogP contribution in [0, 0.1) is 5.82 Å². The molecule has 0 radical (unpaired) electrons. The average molecular weight is 469 g/mol. The number of likely N-dealkylation sites (tertiary alicyclic amines) is 1. The number of benzene rings is 1. The van der Waals surface area contributed by atoms with Gasteiger partial charge in [0.2, 0.25) is 10.0 Å². The van der Waals surface area contributed by atoms with Crippen molar-refractivity contribution in [2.24, 2.45) is 0 Å². The van der Waals surface area contributed by atoms with E-state index in [0.717, 1.165) is 40.2 Å². The summed E-state index contributed by atoms with van der Waals surface area (Å²) in [5, 5.41) is 1.95. The highest BCUT2D eigenvalue weighted by Crippen LogP contribution is 2.34. The van der Waals surface area contributed by atoms with Crippen molar-refractivity contribution in [1.29, 1.82) is 0 Å². The molecule has 1 amide bonds. The van der Waals surface area contributed by atoms with Gasteiger partial charge < -0.3 is 9.64 Å². The summed E-state index contributed by atoms with van der Waals surface area (Å²) in [7, 11) is -4.09.